The van der Waals surface area contributed by atoms with Crippen molar-refractivity contribution in [3.63, 3.8) is 0 Å². The number of hydrogen-bond donors (Lipinski definition) is 0. The Balaban J connectivity index is 1.25. The Kier molecular flexibility index (Phi) is 5.33. The van der Waals surface area contributed by atoms with E-state index in [2.05, 4.69) is 126 Å². The second kappa shape index (κ2) is 9.13. The third-order valence-corrected chi connectivity index (χ3v) is 7.11. The summed E-state index contributed by atoms with van der Waals surface area (Å²) < 4.78 is 2.32. The third-order valence-electron chi connectivity index (χ3n) is 7.11. The van der Waals surface area contributed by atoms with E-state index in [1.165, 1.54) is 32.9 Å². The molecule has 3 heteroatoms. The molecule has 7 rings (SSSR count). The molecule has 3 nitrogen and oxygen atoms in total. The lowest BCUT2D eigenvalue weighted by molar-refractivity contribution is 1.11. The molecule has 0 fully saturated rings. The molecule has 2 aromatic heterocycles. The Morgan fingerprint density at radius 2 is 1.00 bits per heavy atom. The molecular formula is C35H25N3. The van der Waals surface area contributed by atoms with E-state index in [4.69, 9.17) is 9.97 Å². The number of benzene rings is 5. The van der Waals surface area contributed by atoms with Crippen LogP contribution in [0.15, 0.2) is 133 Å². The zero-order valence-electron chi connectivity index (χ0n) is 21.0. The van der Waals surface area contributed by atoms with Gasteiger partial charge in [0.1, 0.15) is 0 Å². The van der Waals surface area contributed by atoms with Crippen molar-refractivity contribution >= 4 is 21.8 Å². The summed E-state index contributed by atoms with van der Waals surface area (Å²) in [5.41, 5.74) is 9.89. The summed E-state index contributed by atoms with van der Waals surface area (Å²) in [5, 5.41) is 2.52. The standard InChI is InChI=1S/C35H25N3/c1-24-23-32(27-17-15-26(16-18-27)25-9-3-2-4-10-25)37-35(36-24)28-19-21-29(22-20-28)38-33-13-7-5-11-30(33)31-12-6-8-14-34(31)38/h2-23H,1H3. The Morgan fingerprint density at radius 3 is 1.66 bits per heavy atom. The molecule has 0 spiro atoms. The second-order valence-electron chi connectivity index (χ2n) is 9.58. The molecule has 0 saturated heterocycles. The average Bonchev–Trinajstić information content (AvgIpc) is 3.32. The highest BCUT2D eigenvalue weighted by Crippen LogP contribution is 2.32. The molecule has 0 radical (unpaired) electrons. The Morgan fingerprint density at radius 1 is 0.474 bits per heavy atom. The van der Waals surface area contributed by atoms with E-state index in [0.29, 0.717) is 0 Å². The number of rotatable bonds is 4. The predicted molar refractivity (Wildman–Crippen MR) is 157 cm³/mol. The lowest BCUT2D eigenvalue weighted by Crippen LogP contribution is -1.97. The number of fused-ring (bicyclic) bond motifs is 3. The minimum atomic E-state index is 0.737. The van der Waals surface area contributed by atoms with Crippen LogP contribution in [-0.2, 0) is 0 Å². The molecular weight excluding hydrogens is 462 g/mol. The van der Waals surface area contributed by atoms with Crippen molar-refractivity contribution in [2.24, 2.45) is 0 Å². The van der Waals surface area contributed by atoms with Crippen molar-refractivity contribution in [3.05, 3.63) is 139 Å². The predicted octanol–water partition coefficient (Wildman–Crippen LogP) is 8.88. The van der Waals surface area contributed by atoms with Gasteiger partial charge in [-0.05, 0) is 60.5 Å². The molecule has 0 amide bonds. The van der Waals surface area contributed by atoms with E-state index >= 15 is 0 Å². The van der Waals surface area contributed by atoms with Crippen LogP contribution >= 0.6 is 0 Å². The molecule has 0 saturated carbocycles. The van der Waals surface area contributed by atoms with Gasteiger partial charge in [-0.15, -0.1) is 0 Å². The number of aryl methyl sites for hydroxylation is 1. The van der Waals surface area contributed by atoms with Crippen molar-refractivity contribution in [2.45, 2.75) is 6.92 Å². The van der Waals surface area contributed by atoms with Crippen LogP contribution in [0.2, 0.25) is 0 Å². The molecule has 7 aromatic rings. The fourth-order valence-corrected chi connectivity index (χ4v) is 5.27. The molecule has 180 valence electrons. The summed E-state index contributed by atoms with van der Waals surface area (Å²) in [5.74, 6) is 0.737. The minimum Gasteiger partial charge on any atom is -0.309 e. The van der Waals surface area contributed by atoms with Crippen LogP contribution in [0.3, 0.4) is 0 Å². The maximum absolute atomic E-state index is 4.95. The molecule has 0 aliphatic rings. The van der Waals surface area contributed by atoms with Crippen molar-refractivity contribution in [1.29, 1.82) is 0 Å². The Labute approximate surface area is 221 Å². The van der Waals surface area contributed by atoms with E-state index in [0.717, 1.165) is 34.0 Å². The van der Waals surface area contributed by atoms with Gasteiger partial charge < -0.3 is 4.57 Å². The van der Waals surface area contributed by atoms with Gasteiger partial charge in [0, 0.05) is 33.3 Å². The Bertz CT molecular complexity index is 1850. The van der Waals surface area contributed by atoms with Crippen LogP contribution in [-0.4, -0.2) is 14.5 Å². The lowest BCUT2D eigenvalue weighted by Gasteiger charge is -2.10. The molecule has 38 heavy (non-hydrogen) atoms. The molecule has 0 unspecified atom stereocenters. The van der Waals surface area contributed by atoms with Gasteiger partial charge in [-0.1, -0.05) is 91.0 Å². The highest BCUT2D eigenvalue weighted by atomic mass is 15.0. The average molecular weight is 488 g/mol. The van der Waals surface area contributed by atoms with Gasteiger partial charge in [-0.2, -0.15) is 0 Å². The molecule has 0 aliphatic heterocycles. The summed E-state index contributed by atoms with van der Waals surface area (Å²) >= 11 is 0. The molecule has 0 atom stereocenters. The first-order valence-electron chi connectivity index (χ1n) is 12.9. The maximum atomic E-state index is 4.95. The topological polar surface area (TPSA) is 30.7 Å². The van der Waals surface area contributed by atoms with Crippen LogP contribution in [0, 0.1) is 6.92 Å². The van der Waals surface area contributed by atoms with Crippen molar-refractivity contribution in [3.8, 4) is 39.5 Å². The summed E-state index contributed by atoms with van der Waals surface area (Å²) in [6, 6.07) is 46.8. The van der Waals surface area contributed by atoms with Crippen LogP contribution < -0.4 is 0 Å². The Hall–Kier alpha value is -5.02. The second-order valence-corrected chi connectivity index (χ2v) is 9.58. The van der Waals surface area contributed by atoms with E-state index in [9.17, 15) is 0 Å². The SMILES string of the molecule is Cc1cc(-c2ccc(-c3ccccc3)cc2)nc(-c2ccc(-n3c4ccccc4c4ccccc43)cc2)n1. The fraction of sp³-hybridized carbons (Fsp3) is 0.0286. The lowest BCUT2D eigenvalue weighted by atomic mass is 10.0. The zero-order valence-corrected chi connectivity index (χ0v) is 21.0. The summed E-state index contributed by atoms with van der Waals surface area (Å²) in [6.07, 6.45) is 0. The van der Waals surface area contributed by atoms with Gasteiger partial charge in [0.25, 0.3) is 0 Å². The highest BCUT2D eigenvalue weighted by Gasteiger charge is 2.12. The first-order chi connectivity index (χ1) is 18.7. The van der Waals surface area contributed by atoms with Crippen molar-refractivity contribution < 1.29 is 0 Å². The first-order valence-corrected chi connectivity index (χ1v) is 12.9. The van der Waals surface area contributed by atoms with Crippen LogP contribution in [0.5, 0.6) is 0 Å². The third kappa shape index (κ3) is 3.86. The molecule has 5 aromatic carbocycles. The number of aromatic nitrogens is 3. The van der Waals surface area contributed by atoms with Gasteiger partial charge >= 0.3 is 0 Å². The van der Waals surface area contributed by atoms with Crippen LogP contribution in [0.1, 0.15) is 5.69 Å². The van der Waals surface area contributed by atoms with E-state index < -0.39 is 0 Å². The van der Waals surface area contributed by atoms with Gasteiger partial charge in [0.05, 0.1) is 16.7 Å². The molecule has 2 heterocycles. The summed E-state index contributed by atoms with van der Waals surface area (Å²) in [7, 11) is 0. The fourth-order valence-electron chi connectivity index (χ4n) is 5.27. The number of hydrogen-bond acceptors (Lipinski definition) is 2. The van der Waals surface area contributed by atoms with Crippen molar-refractivity contribution in [2.75, 3.05) is 0 Å². The van der Waals surface area contributed by atoms with E-state index in [1.807, 2.05) is 19.1 Å². The van der Waals surface area contributed by atoms with Crippen molar-refractivity contribution in [1.82, 2.24) is 14.5 Å². The molecule has 0 N–H and O–H groups in total. The number of nitrogens with zero attached hydrogens (tertiary/aromatic N) is 3. The minimum absolute atomic E-state index is 0.737. The largest absolute Gasteiger partial charge is 0.309 e. The summed E-state index contributed by atoms with van der Waals surface area (Å²) in [6.45, 7) is 2.03. The van der Waals surface area contributed by atoms with Gasteiger partial charge in [0.15, 0.2) is 5.82 Å². The van der Waals surface area contributed by atoms with Crippen LogP contribution in [0.25, 0.3) is 61.3 Å². The summed E-state index contributed by atoms with van der Waals surface area (Å²) in [4.78, 5) is 9.72. The van der Waals surface area contributed by atoms with Gasteiger partial charge in [0.2, 0.25) is 0 Å². The molecule has 0 bridgehead atoms. The molecule has 0 aliphatic carbocycles. The quantitative estimate of drug-likeness (QED) is 0.248. The normalized spacial score (nSPS) is 11.3. The monoisotopic (exact) mass is 487 g/mol. The van der Waals surface area contributed by atoms with Gasteiger partial charge in [-0.3, -0.25) is 0 Å². The van der Waals surface area contributed by atoms with E-state index in [-0.39, 0.29) is 0 Å². The van der Waals surface area contributed by atoms with Gasteiger partial charge in [-0.25, -0.2) is 9.97 Å². The maximum Gasteiger partial charge on any atom is 0.160 e. The smallest absolute Gasteiger partial charge is 0.160 e. The highest BCUT2D eigenvalue weighted by molar-refractivity contribution is 6.09. The number of para-hydroxylation sites is 2. The zero-order chi connectivity index (χ0) is 25.5. The first kappa shape index (κ1) is 22.2. The van der Waals surface area contributed by atoms with Crippen LogP contribution in [0.4, 0.5) is 0 Å². The van der Waals surface area contributed by atoms with E-state index in [1.54, 1.807) is 0 Å².